The molecule has 112 valence electrons. The molecule has 3 heteroatoms. The number of benzene rings is 1. The van der Waals surface area contributed by atoms with Gasteiger partial charge in [0.2, 0.25) is 0 Å². The van der Waals surface area contributed by atoms with E-state index in [0.717, 1.165) is 36.9 Å². The third-order valence-corrected chi connectivity index (χ3v) is 4.70. The first kappa shape index (κ1) is 15.8. The number of halogens is 1. The van der Waals surface area contributed by atoms with E-state index in [1.807, 2.05) is 18.2 Å². The van der Waals surface area contributed by atoms with Gasteiger partial charge in [0.15, 0.2) is 0 Å². The number of nitrogens with zero attached hydrogens (tertiary/aromatic N) is 1. The molecule has 2 unspecified atom stereocenters. The molecule has 0 bridgehead atoms. The van der Waals surface area contributed by atoms with Crippen LogP contribution in [0.5, 0.6) is 0 Å². The van der Waals surface area contributed by atoms with Crippen LogP contribution in [0.15, 0.2) is 24.3 Å². The van der Waals surface area contributed by atoms with Gasteiger partial charge in [-0.05, 0) is 43.5 Å². The average Bonchev–Trinajstić information content (AvgIpc) is 2.38. The summed E-state index contributed by atoms with van der Waals surface area (Å²) in [5.74, 6) is 0.732. The zero-order chi connectivity index (χ0) is 14.6. The molecule has 1 saturated carbocycles. The van der Waals surface area contributed by atoms with Crippen molar-refractivity contribution in [3.63, 3.8) is 0 Å². The summed E-state index contributed by atoms with van der Waals surface area (Å²) in [6.07, 6.45) is 4.84. The van der Waals surface area contributed by atoms with Gasteiger partial charge in [-0.15, -0.1) is 0 Å². The van der Waals surface area contributed by atoms with Crippen molar-refractivity contribution in [3.8, 4) is 0 Å². The van der Waals surface area contributed by atoms with Gasteiger partial charge in [-0.2, -0.15) is 0 Å². The Labute approximate surface area is 127 Å². The van der Waals surface area contributed by atoms with E-state index in [2.05, 4.69) is 24.9 Å². The predicted octanol–water partition coefficient (Wildman–Crippen LogP) is 3.96. The predicted molar refractivity (Wildman–Crippen MR) is 84.9 cm³/mol. The van der Waals surface area contributed by atoms with Crippen LogP contribution in [0.3, 0.4) is 0 Å². The Morgan fingerprint density at radius 2 is 2.25 bits per heavy atom. The van der Waals surface area contributed by atoms with Crippen LogP contribution < -0.4 is 0 Å². The Bertz CT molecular complexity index is 437. The second-order valence-electron chi connectivity index (χ2n) is 6.66. The minimum atomic E-state index is 0.0883. The molecule has 2 rings (SSSR count). The SMILES string of the molecule is CC1CCCC(CO)(CN(C)Cc2cccc(Cl)c2)C1. The molecule has 2 nitrogen and oxygen atoms in total. The molecule has 0 aromatic heterocycles. The smallest absolute Gasteiger partial charge is 0.0499 e. The molecule has 20 heavy (non-hydrogen) atoms. The maximum absolute atomic E-state index is 9.87. The molecule has 1 aliphatic rings. The van der Waals surface area contributed by atoms with Crippen molar-refractivity contribution in [1.29, 1.82) is 0 Å². The highest BCUT2D eigenvalue weighted by Crippen LogP contribution is 2.39. The van der Waals surface area contributed by atoms with E-state index in [4.69, 9.17) is 11.6 Å². The van der Waals surface area contributed by atoms with E-state index in [9.17, 15) is 5.11 Å². The van der Waals surface area contributed by atoms with Crippen LogP contribution in [0.25, 0.3) is 0 Å². The summed E-state index contributed by atoms with van der Waals surface area (Å²) in [6.45, 7) is 4.45. The number of aliphatic hydroxyl groups is 1. The van der Waals surface area contributed by atoms with E-state index in [1.165, 1.54) is 18.4 Å². The van der Waals surface area contributed by atoms with Crippen LogP contribution in [0.2, 0.25) is 5.02 Å². The Balaban J connectivity index is 1.97. The quantitative estimate of drug-likeness (QED) is 0.889. The molecule has 1 aromatic rings. The number of rotatable bonds is 5. The van der Waals surface area contributed by atoms with Gasteiger partial charge in [0.1, 0.15) is 0 Å². The molecular weight excluding hydrogens is 270 g/mol. The Hall–Kier alpha value is -0.570. The first-order chi connectivity index (χ1) is 9.53. The second-order valence-corrected chi connectivity index (χ2v) is 7.10. The lowest BCUT2D eigenvalue weighted by Crippen LogP contribution is -2.41. The van der Waals surface area contributed by atoms with Crippen LogP contribution in [0.1, 0.15) is 38.2 Å². The molecular formula is C17H26ClNO. The van der Waals surface area contributed by atoms with Crippen molar-refractivity contribution >= 4 is 11.6 Å². The fourth-order valence-corrected chi connectivity index (χ4v) is 3.89. The van der Waals surface area contributed by atoms with Crippen molar-refractivity contribution < 1.29 is 5.11 Å². The molecule has 1 fully saturated rings. The highest BCUT2D eigenvalue weighted by atomic mass is 35.5. The molecule has 0 radical (unpaired) electrons. The van der Waals surface area contributed by atoms with Crippen LogP contribution in [0.4, 0.5) is 0 Å². The largest absolute Gasteiger partial charge is 0.396 e. The topological polar surface area (TPSA) is 23.5 Å². The summed E-state index contributed by atoms with van der Waals surface area (Å²) in [6, 6.07) is 8.03. The summed E-state index contributed by atoms with van der Waals surface area (Å²) in [4.78, 5) is 2.32. The highest BCUT2D eigenvalue weighted by Gasteiger charge is 2.35. The number of hydrogen-bond acceptors (Lipinski definition) is 2. The van der Waals surface area contributed by atoms with E-state index in [1.54, 1.807) is 0 Å². The van der Waals surface area contributed by atoms with Crippen molar-refractivity contribution in [2.24, 2.45) is 11.3 Å². The maximum atomic E-state index is 9.87. The molecule has 0 spiro atoms. The van der Waals surface area contributed by atoms with Crippen LogP contribution in [-0.4, -0.2) is 30.2 Å². The zero-order valence-electron chi connectivity index (χ0n) is 12.6. The van der Waals surface area contributed by atoms with Gasteiger partial charge in [0, 0.05) is 30.1 Å². The molecule has 2 atom stereocenters. The monoisotopic (exact) mass is 295 g/mol. The van der Waals surface area contributed by atoms with E-state index in [0.29, 0.717) is 6.61 Å². The molecule has 0 amide bonds. The normalized spacial score (nSPS) is 26.9. The van der Waals surface area contributed by atoms with Crippen LogP contribution in [0, 0.1) is 11.3 Å². The van der Waals surface area contributed by atoms with Gasteiger partial charge < -0.3 is 10.0 Å². The fraction of sp³-hybridized carbons (Fsp3) is 0.647. The summed E-state index contributed by atoms with van der Waals surface area (Å²) < 4.78 is 0. The molecule has 0 saturated heterocycles. The molecule has 0 heterocycles. The first-order valence-electron chi connectivity index (χ1n) is 7.57. The molecule has 1 aromatic carbocycles. The zero-order valence-corrected chi connectivity index (χ0v) is 13.4. The van der Waals surface area contributed by atoms with Crippen molar-refractivity contribution in [2.75, 3.05) is 20.2 Å². The lowest BCUT2D eigenvalue weighted by atomic mass is 9.70. The van der Waals surface area contributed by atoms with Gasteiger partial charge in [-0.3, -0.25) is 0 Å². The third-order valence-electron chi connectivity index (χ3n) is 4.47. The summed E-state index contributed by atoms with van der Waals surface area (Å²) in [7, 11) is 2.14. The summed E-state index contributed by atoms with van der Waals surface area (Å²) in [5, 5.41) is 10.7. The van der Waals surface area contributed by atoms with Crippen LogP contribution in [-0.2, 0) is 6.54 Å². The molecule has 1 aliphatic carbocycles. The van der Waals surface area contributed by atoms with Gasteiger partial charge in [-0.25, -0.2) is 0 Å². The second kappa shape index (κ2) is 6.93. The Kier molecular flexibility index (Phi) is 5.48. The Morgan fingerprint density at radius 3 is 2.90 bits per heavy atom. The fourth-order valence-electron chi connectivity index (χ4n) is 3.68. The molecule has 1 N–H and O–H groups in total. The van der Waals surface area contributed by atoms with Gasteiger partial charge >= 0.3 is 0 Å². The standard InChI is InChI=1S/C17H26ClNO/c1-14-5-4-8-17(10-14,13-20)12-19(2)11-15-6-3-7-16(18)9-15/h3,6-7,9,14,20H,4-5,8,10-13H2,1-2H3. The lowest BCUT2D eigenvalue weighted by molar-refractivity contribution is 0.0290. The van der Waals surface area contributed by atoms with Crippen molar-refractivity contribution in [3.05, 3.63) is 34.9 Å². The highest BCUT2D eigenvalue weighted by molar-refractivity contribution is 6.30. The van der Waals surface area contributed by atoms with Crippen molar-refractivity contribution in [1.82, 2.24) is 4.90 Å². The van der Waals surface area contributed by atoms with E-state index < -0.39 is 0 Å². The lowest BCUT2D eigenvalue weighted by Gasteiger charge is -2.41. The number of aliphatic hydroxyl groups excluding tert-OH is 1. The van der Waals surface area contributed by atoms with E-state index >= 15 is 0 Å². The first-order valence-corrected chi connectivity index (χ1v) is 7.95. The van der Waals surface area contributed by atoms with Crippen molar-refractivity contribution in [2.45, 2.75) is 39.2 Å². The summed E-state index contributed by atoms with van der Waals surface area (Å²) >= 11 is 6.04. The summed E-state index contributed by atoms with van der Waals surface area (Å²) in [5.41, 5.74) is 1.32. The van der Waals surface area contributed by atoms with E-state index in [-0.39, 0.29) is 5.41 Å². The van der Waals surface area contributed by atoms with Gasteiger partial charge in [-0.1, -0.05) is 43.5 Å². The minimum Gasteiger partial charge on any atom is -0.396 e. The average molecular weight is 296 g/mol. The van der Waals surface area contributed by atoms with Gasteiger partial charge in [0.25, 0.3) is 0 Å². The number of hydrogen-bond donors (Lipinski definition) is 1. The van der Waals surface area contributed by atoms with Crippen LogP contribution >= 0.6 is 11.6 Å². The molecule has 0 aliphatic heterocycles. The maximum Gasteiger partial charge on any atom is 0.0499 e. The Morgan fingerprint density at radius 1 is 1.45 bits per heavy atom. The van der Waals surface area contributed by atoms with Gasteiger partial charge in [0.05, 0.1) is 0 Å². The third kappa shape index (κ3) is 4.21. The minimum absolute atomic E-state index is 0.0883.